The molecule has 0 bridgehead atoms. The molecule has 0 unspecified atom stereocenters. The number of nitrogens with one attached hydrogen (secondary N) is 1. The summed E-state index contributed by atoms with van der Waals surface area (Å²) in [4.78, 5) is 4.26. The van der Waals surface area contributed by atoms with Crippen LogP contribution in [0.3, 0.4) is 0 Å². The van der Waals surface area contributed by atoms with Crippen molar-refractivity contribution >= 4 is 23.1 Å². The number of fused-ring (bicyclic) bond motifs is 1. The Labute approximate surface area is 120 Å². The number of anilines is 3. The monoisotopic (exact) mass is 286 g/mol. The minimum Gasteiger partial charge on any atom is -0.497 e. The number of rotatable bonds is 4. The Hall–Kier alpha value is -3.03. The maximum atomic E-state index is 5.73. The van der Waals surface area contributed by atoms with Crippen LogP contribution in [0.5, 0.6) is 11.5 Å². The van der Waals surface area contributed by atoms with E-state index in [0.29, 0.717) is 28.9 Å². The SMILES string of the molecule is COc1ccc(Nc2nccn3c(N)nnc23)c(OC)c1. The van der Waals surface area contributed by atoms with Gasteiger partial charge in [0.1, 0.15) is 11.5 Å². The molecule has 0 saturated heterocycles. The van der Waals surface area contributed by atoms with Gasteiger partial charge >= 0.3 is 0 Å². The predicted octanol–water partition coefficient (Wildman–Crippen LogP) is 1.47. The van der Waals surface area contributed by atoms with E-state index in [0.717, 1.165) is 5.69 Å². The summed E-state index contributed by atoms with van der Waals surface area (Å²) in [5.74, 6) is 2.17. The number of nitrogens with two attached hydrogens (primary N) is 1. The second-order valence-electron chi connectivity index (χ2n) is 4.22. The molecule has 0 aliphatic heterocycles. The van der Waals surface area contributed by atoms with E-state index in [9.17, 15) is 0 Å². The number of benzene rings is 1. The Bertz CT molecular complexity index is 785. The molecule has 0 spiro atoms. The second kappa shape index (κ2) is 5.16. The molecule has 0 fully saturated rings. The molecule has 3 N–H and O–H groups in total. The maximum Gasteiger partial charge on any atom is 0.226 e. The van der Waals surface area contributed by atoms with Crippen LogP contribution in [-0.4, -0.2) is 33.8 Å². The molecule has 0 saturated carbocycles. The first-order valence-electron chi connectivity index (χ1n) is 6.17. The van der Waals surface area contributed by atoms with Crippen molar-refractivity contribution in [2.75, 3.05) is 25.3 Å². The first-order chi connectivity index (χ1) is 10.2. The van der Waals surface area contributed by atoms with Crippen molar-refractivity contribution in [2.24, 2.45) is 0 Å². The lowest BCUT2D eigenvalue weighted by Crippen LogP contribution is -2.01. The van der Waals surface area contributed by atoms with Gasteiger partial charge in [0, 0.05) is 18.5 Å². The average Bonchev–Trinajstić information content (AvgIpc) is 2.90. The summed E-state index contributed by atoms with van der Waals surface area (Å²) in [5, 5.41) is 11.0. The van der Waals surface area contributed by atoms with E-state index in [-0.39, 0.29) is 0 Å². The highest BCUT2D eigenvalue weighted by molar-refractivity contribution is 5.74. The number of aromatic nitrogens is 4. The Balaban J connectivity index is 2.02. The molecule has 0 amide bonds. The third-order valence-corrected chi connectivity index (χ3v) is 3.02. The number of nitrogen functional groups attached to an aromatic ring is 1. The highest BCUT2D eigenvalue weighted by atomic mass is 16.5. The lowest BCUT2D eigenvalue weighted by Gasteiger charge is -2.12. The summed E-state index contributed by atoms with van der Waals surface area (Å²) in [6, 6.07) is 5.44. The molecule has 0 aliphatic carbocycles. The maximum absolute atomic E-state index is 5.73. The zero-order valence-electron chi connectivity index (χ0n) is 11.6. The third kappa shape index (κ3) is 2.27. The molecule has 3 aromatic rings. The normalized spacial score (nSPS) is 10.6. The minimum absolute atomic E-state index is 0.303. The highest BCUT2D eigenvalue weighted by Crippen LogP contribution is 2.31. The van der Waals surface area contributed by atoms with E-state index in [1.807, 2.05) is 12.1 Å². The first kappa shape index (κ1) is 13.0. The van der Waals surface area contributed by atoms with Crippen LogP contribution in [0, 0.1) is 0 Å². The molecular formula is C13H14N6O2. The summed E-state index contributed by atoms with van der Waals surface area (Å²) in [6.07, 6.45) is 3.31. The van der Waals surface area contributed by atoms with Crippen molar-refractivity contribution < 1.29 is 9.47 Å². The van der Waals surface area contributed by atoms with Crippen molar-refractivity contribution in [3.8, 4) is 11.5 Å². The Morgan fingerprint density at radius 1 is 1.19 bits per heavy atom. The van der Waals surface area contributed by atoms with Gasteiger partial charge in [-0.2, -0.15) is 0 Å². The lowest BCUT2D eigenvalue weighted by molar-refractivity contribution is 0.395. The van der Waals surface area contributed by atoms with E-state index < -0.39 is 0 Å². The van der Waals surface area contributed by atoms with Crippen molar-refractivity contribution in [1.82, 2.24) is 19.6 Å². The Kier molecular flexibility index (Phi) is 3.19. The Morgan fingerprint density at radius 2 is 2.05 bits per heavy atom. The fourth-order valence-electron chi connectivity index (χ4n) is 1.96. The predicted molar refractivity (Wildman–Crippen MR) is 78.0 cm³/mol. The number of hydrogen-bond acceptors (Lipinski definition) is 7. The van der Waals surface area contributed by atoms with Gasteiger partial charge < -0.3 is 20.5 Å². The van der Waals surface area contributed by atoms with Crippen LogP contribution in [0.25, 0.3) is 5.65 Å². The van der Waals surface area contributed by atoms with Gasteiger partial charge in [-0.1, -0.05) is 0 Å². The molecule has 8 nitrogen and oxygen atoms in total. The molecule has 1 aromatic carbocycles. The summed E-state index contributed by atoms with van der Waals surface area (Å²) < 4.78 is 12.2. The second-order valence-corrected chi connectivity index (χ2v) is 4.22. The van der Waals surface area contributed by atoms with Crippen LogP contribution in [0.1, 0.15) is 0 Å². The van der Waals surface area contributed by atoms with Crippen LogP contribution in [0.2, 0.25) is 0 Å². The smallest absolute Gasteiger partial charge is 0.226 e. The van der Waals surface area contributed by atoms with E-state index in [1.54, 1.807) is 37.1 Å². The quantitative estimate of drug-likeness (QED) is 0.749. The van der Waals surface area contributed by atoms with Crippen molar-refractivity contribution in [3.63, 3.8) is 0 Å². The van der Waals surface area contributed by atoms with Crippen LogP contribution >= 0.6 is 0 Å². The van der Waals surface area contributed by atoms with Crippen molar-refractivity contribution in [2.45, 2.75) is 0 Å². The largest absolute Gasteiger partial charge is 0.497 e. The minimum atomic E-state index is 0.303. The van der Waals surface area contributed by atoms with E-state index in [2.05, 4.69) is 20.5 Å². The molecule has 0 radical (unpaired) electrons. The fourth-order valence-corrected chi connectivity index (χ4v) is 1.96. The lowest BCUT2D eigenvalue weighted by atomic mass is 10.2. The van der Waals surface area contributed by atoms with Gasteiger partial charge in [-0.25, -0.2) is 4.98 Å². The summed E-state index contributed by atoms with van der Waals surface area (Å²) >= 11 is 0. The first-order valence-corrected chi connectivity index (χ1v) is 6.17. The molecule has 0 aliphatic rings. The van der Waals surface area contributed by atoms with Gasteiger partial charge in [-0.3, -0.25) is 4.40 Å². The number of ether oxygens (including phenoxy) is 2. The van der Waals surface area contributed by atoms with Gasteiger partial charge in [-0.05, 0) is 12.1 Å². The van der Waals surface area contributed by atoms with Gasteiger partial charge in [0.05, 0.1) is 19.9 Å². The van der Waals surface area contributed by atoms with Gasteiger partial charge in [-0.15, -0.1) is 10.2 Å². The molecule has 21 heavy (non-hydrogen) atoms. The highest BCUT2D eigenvalue weighted by Gasteiger charge is 2.11. The van der Waals surface area contributed by atoms with Gasteiger partial charge in [0.15, 0.2) is 5.82 Å². The van der Waals surface area contributed by atoms with Gasteiger partial charge in [0.25, 0.3) is 0 Å². The molecular weight excluding hydrogens is 272 g/mol. The van der Waals surface area contributed by atoms with Crippen LogP contribution in [0.4, 0.5) is 17.5 Å². The molecule has 0 atom stereocenters. The number of hydrogen-bond donors (Lipinski definition) is 2. The fraction of sp³-hybridized carbons (Fsp3) is 0.154. The molecule has 108 valence electrons. The standard InChI is InChI=1S/C13H14N6O2/c1-20-8-3-4-9(10(7-8)21-2)16-11-12-17-18-13(14)19(12)6-5-15-11/h3-7H,1-2H3,(H2,14,18)(H,15,16). The van der Waals surface area contributed by atoms with Crippen molar-refractivity contribution in [1.29, 1.82) is 0 Å². The van der Waals surface area contributed by atoms with Gasteiger partial charge in [0.2, 0.25) is 11.6 Å². The number of methoxy groups -OCH3 is 2. The molecule has 2 aromatic heterocycles. The summed E-state index contributed by atoms with van der Waals surface area (Å²) in [6.45, 7) is 0. The average molecular weight is 286 g/mol. The summed E-state index contributed by atoms with van der Waals surface area (Å²) in [7, 11) is 3.19. The molecule has 2 heterocycles. The molecule has 8 heteroatoms. The third-order valence-electron chi connectivity index (χ3n) is 3.02. The van der Waals surface area contributed by atoms with Crippen LogP contribution in [0.15, 0.2) is 30.6 Å². The topological polar surface area (TPSA) is 99.6 Å². The summed E-state index contributed by atoms with van der Waals surface area (Å²) in [5.41, 5.74) is 7.00. The zero-order valence-corrected chi connectivity index (χ0v) is 11.6. The van der Waals surface area contributed by atoms with E-state index in [4.69, 9.17) is 15.2 Å². The van der Waals surface area contributed by atoms with E-state index >= 15 is 0 Å². The van der Waals surface area contributed by atoms with E-state index in [1.165, 1.54) is 0 Å². The Morgan fingerprint density at radius 3 is 2.81 bits per heavy atom. The number of nitrogens with zero attached hydrogens (tertiary/aromatic N) is 4. The van der Waals surface area contributed by atoms with Crippen LogP contribution in [-0.2, 0) is 0 Å². The van der Waals surface area contributed by atoms with Crippen molar-refractivity contribution in [3.05, 3.63) is 30.6 Å². The zero-order chi connectivity index (χ0) is 14.8. The molecule has 3 rings (SSSR count). The van der Waals surface area contributed by atoms with Crippen LogP contribution < -0.4 is 20.5 Å².